The van der Waals surface area contributed by atoms with Crippen molar-refractivity contribution in [2.45, 2.75) is 58.5 Å². The van der Waals surface area contributed by atoms with Gasteiger partial charge >= 0.3 is 0 Å². The van der Waals surface area contributed by atoms with Gasteiger partial charge in [-0.3, -0.25) is 4.79 Å². The number of aryl methyl sites for hydroxylation is 1. The average Bonchev–Trinajstić information content (AvgIpc) is 2.48. The standard InChI is InChI=1S/C18H28N2O.ClH/c1-5-16(17-8-6-13(2)7-9-17)12-18(21)20-11-10-19-14(3)15(20)4;/h6-9,14-16,19H,5,10-12H2,1-4H3;1H. The van der Waals surface area contributed by atoms with Crippen LogP contribution in [-0.4, -0.2) is 36.0 Å². The van der Waals surface area contributed by atoms with Crippen molar-refractivity contribution in [2.24, 2.45) is 0 Å². The molecule has 0 aromatic heterocycles. The predicted octanol–water partition coefficient (Wildman–Crippen LogP) is 3.51. The molecule has 1 heterocycles. The highest BCUT2D eigenvalue weighted by atomic mass is 35.5. The summed E-state index contributed by atoms with van der Waals surface area (Å²) >= 11 is 0. The third-order valence-corrected chi connectivity index (χ3v) is 4.82. The molecular weight excluding hydrogens is 296 g/mol. The summed E-state index contributed by atoms with van der Waals surface area (Å²) in [6, 6.07) is 9.26. The van der Waals surface area contributed by atoms with Crippen LogP contribution in [0.25, 0.3) is 0 Å². The van der Waals surface area contributed by atoms with Crippen molar-refractivity contribution in [3.05, 3.63) is 35.4 Å². The maximum atomic E-state index is 12.7. The van der Waals surface area contributed by atoms with Crippen LogP contribution in [0, 0.1) is 6.92 Å². The van der Waals surface area contributed by atoms with E-state index in [4.69, 9.17) is 0 Å². The van der Waals surface area contributed by atoms with Crippen LogP contribution in [0.3, 0.4) is 0 Å². The van der Waals surface area contributed by atoms with E-state index in [2.05, 4.69) is 62.2 Å². The lowest BCUT2D eigenvalue weighted by Gasteiger charge is -2.39. The largest absolute Gasteiger partial charge is 0.337 e. The molecule has 3 unspecified atom stereocenters. The second kappa shape index (κ2) is 8.54. The number of nitrogens with zero attached hydrogens (tertiary/aromatic N) is 1. The van der Waals surface area contributed by atoms with Gasteiger partial charge in [-0.15, -0.1) is 12.4 Å². The van der Waals surface area contributed by atoms with Gasteiger partial charge in [0.1, 0.15) is 0 Å². The Morgan fingerprint density at radius 2 is 1.95 bits per heavy atom. The number of carbonyl (C=O) groups is 1. The van der Waals surface area contributed by atoms with E-state index in [1.54, 1.807) is 0 Å². The van der Waals surface area contributed by atoms with Crippen LogP contribution in [0.15, 0.2) is 24.3 Å². The Morgan fingerprint density at radius 1 is 1.32 bits per heavy atom. The number of hydrogen-bond donors (Lipinski definition) is 1. The molecule has 1 aromatic rings. The van der Waals surface area contributed by atoms with E-state index in [1.165, 1.54) is 11.1 Å². The summed E-state index contributed by atoms with van der Waals surface area (Å²) in [4.78, 5) is 14.7. The highest BCUT2D eigenvalue weighted by molar-refractivity contribution is 5.85. The van der Waals surface area contributed by atoms with Crippen LogP contribution in [0.4, 0.5) is 0 Å². The summed E-state index contributed by atoms with van der Waals surface area (Å²) in [6.07, 6.45) is 1.63. The van der Waals surface area contributed by atoms with Gasteiger partial charge in [-0.1, -0.05) is 36.8 Å². The second-order valence-corrected chi connectivity index (χ2v) is 6.29. The summed E-state index contributed by atoms with van der Waals surface area (Å²) in [6.45, 7) is 10.3. The molecule has 0 aliphatic carbocycles. The number of amides is 1. The second-order valence-electron chi connectivity index (χ2n) is 6.29. The van der Waals surface area contributed by atoms with Gasteiger partial charge in [0.2, 0.25) is 5.91 Å². The van der Waals surface area contributed by atoms with Crippen LogP contribution in [0.2, 0.25) is 0 Å². The van der Waals surface area contributed by atoms with E-state index in [0.29, 0.717) is 24.3 Å². The number of carbonyl (C=O) groups excluding carboxylic acids is 1. The summed E-state index contributed by atoms with van der Waals surface area (Å²) in [7, 11) is 0. The molecule has 22 heavy (non-hydrogen) atoms. The molecule has 1 amide bonds. The highest BCUT2D eigenvalue weighted by Crippen LogP contribution is 2.25. The monoisotopic (exact) mass is 324 g/mol. The van der Waals surface area contributed by atoms with Crippen LogP contribution < -0.4 is 5.32 Å². The first-order chi connectivity index (χ1) is 10.0. The number of piperazine rings is 1. The Labute approximate surface area is 140 Å². The fraction of sp³-hybridized carbons (Fsp3) is 0.611. The zero-order valence-electron chi connectivity index (χ0n) is 14.1. The van der Waals surface area contributed by atoms with E-state index in [1.807, 2.05) is 0 Å². The minimum atomic E-state index is 0. The molecule has 1 N–H and O–H groups in total. The van der Waals surface area contributed by atoms with Crippen LogP contribution in [0.1, 0.15) is 50.7 Å². The zero-order chi connectivity index (χ0) is 15.4. The first kappa shape index (κ1) is 19.0. The summed E-state index contributed by atoms with van der Waals surface area (Å²) in [5.41, 5.74) is 2.55. The highest BCUT2D eigenvalue weighted by Gasteiger charge is 2.29. The molecule has 3 nitrogen and oxygen atoms in total. The minimum absolute atomic E-state index is 0. The maximum absolute atomic E-state index is 12.7. The first-order valence-electron chi connectivity index (χ1n) is 8.12. The van der Waals surface area contributed by atoms with Gasteiger partial charge in [0, 0.05) is 31.6 Å². The molecule has 0 bridgehead atoms. The number of rotatable bonds is 4. The van der Waals surface area contributed by atoms with Crippen molar-refractivity contribution in [1.82, 2.24) is 10.2 Å². The molecule has 4 heteroatoms. The van der Waals surface area contributed by atoms with E-state index < -0.39 is 0 Å². The fourth-order valence-electron chi connectivity index (χ4n) is 3.07. The van der Waals surface area contributed by atoms with Crippen molar-refractivity contribution >= 4 is 18.3 Å². The smallest absolute Gasteiger partial charge is 0.223 e. The summed E-state index contributed by atoms with van der Waals surface area (Å²) in [5.74, 6) is 0.624. The molecule has 0 spiro atoms. The predicted molar refractivity (Wildman–Crippen MR) is 94.7 cm³/mol. The number of nitrogens with one attached hydrogen (secondary N) is 1. The Bertz CT molecular complexity index is 474. The molecule has 1 aliphatic rings. The Balaban J connectivity index is 0.00000242. The van der Waals surface area contributed by atoms with E-state index >= 15 is 0 Å². The normalized spacial score (nSPS) is 22.8. The van der Waals surface area contributed by atoms with Gasteiger partial charge in [0.05, 0.1) is 0 Å². The number of halogens is 1. The Kier molecular flexibility index (Phi) is 7.37. The van der Waals surface area contributed by atoms with E-state index in [9.17, 15) is 4.79 Å². The number of hydrogen-bond acceptors (Lipinski definition) is 2. The molecule has 1 fully saturated rings. The van der Waals surface area contributed by atoms with Crippen LogP contribution in [0.5, 0.6) is 0 Å². The van der Waals surface area contributed by atoms with Gasteiger partial charge in [-0.2, -0.15) is 0 Å². The maximum Gasteiger partial charge on any atom is 0.223 e. The van der Waals surface area contributed by atoms with Gasteiger partial charge in [0.15, 0.2) is 0 Å². The first-order valence-corrected chi connectivity index (χ1v) is 8.12. The molecule has 2 rings (SSSR count). The molecule has 1 aliphatic heterocycles. The lowest BCUT2D eigenvalue weighted by atomic mass is 9.91. The number of benzene rings is 1. The van der Waals surface area contributed by atoms with Crippen molar-refractivity contribution < 1.29 is 4.79 Å². The van der Waals surface area contributed by atoms with Gasteiger partial charge in [-0.25, -0.2) is 0 Å². The molecule has 124 valence electrons. The summed E-state index contributed by atoms with van der Waals surface area (Å²) in [5, 5.41) is 3.43. The lowest BCUT2D eigenvalue weighted by Crippen LogP contribution is -2.57. The SMILES string of the molecule is CCC(CC(=O)N1CCNC(C)C1C)c1ccc(C)cc1.Cl. The van der Waals surface area contributed by atoms with Gasteiger partial charge in [-0.05, 0) is 38.7 Å². The Hall–Kier alpha value is -1.06. The van der Waals surface area contributed by atoms with Crippen molar-refractivity contribution in [3.8, 4) is 0 Å². The topological polar surface area (TPSA) is 32.3 Å². The third-order valence-electron chi connectivity index (χ3n) is 4.82. The van der Waals surface area contributed by atoms with Crippen molar-refractivity contribution in [2.75, 3.05) is 13.1 Å². The third kappa shape index (κ3) is 4.47. The quantitative estimate of drug-likeness (QED) is 0.919. The van der Waals surface area contributed by atoms with Crippen LogP contribution in [-0.2, 0) is 4.79 Å². The summed E-state index contributed by atoms with van der Waals surface area (Å²) < 4.78 is 0. The van der Waals surface area contributed by atoms with Crippen molar-refractivity contribution in [1.29, 1.82) is 0 Å². The molecule has 1 saturated heterocycles. The average molecular weight is 325 g/mol. The lowest BCUT2D eigenvalue weighted by molar-refractivity contribution is -0.135. The van der Waals surface area contributed by atoms with E-state index in [0.717, 1.165) is 19.5 Å². The fourth-order valence-corrected chi connectivity index (χ4v) is 3.07. The molecule has 3 atom stereocenters. The van der Waals surface area contributed by atoms with Crippen molar-refractivity contribution in [3.63, 3.8) is 0 Å². The Morgan fingerprint density at radius 3 is 2.55 bits per heavy atom. The molecule has 0 saturated carbocycles. The zero-order valence-corrected chi connectivity index (χ0v) is 15.0. The molecular formula is C18H29ClN2O. The minimum Gasteiger partial charge on any atom is -0.337 e. The van der Waals surface area contributed by atoms with Gasteiger partial charge in [0.25, 0.3) is 0 Å². The molecule has 1 aromatic carbocycles. The van der Waals surface area contributed by atoms with E-state index in [-0.39, 0.29) is 18.4 Å². The van der Waals surface area contributed by atoms with Crippen LogP contribution >= 0.6 is 12.4 Å². The molecule has 0 radical (unpaired) electrons. The van der Waals surface area contributed by atoms with Gasteiger partial charge < -0.3 is 10.2 Å².